The highest BCUT2D eigenvalue weighted by Crippen LogP contribution is 2.20. The van der Waals surface area contributed by atoms with Crippen LogP contribution in [0.15, 0.2) is 18.2 Å². The Morgan fingerprint density at radius 3 is 2.60 bits per heavy atom. The number of halogens is 1. The summed E-state index contributed by atoms with van der Waals surface area (Å²) in [5.74, 6) is -0.970. The molecule has 25 heavy (non-hydrogen) atoms. The minimum Gasteiger partial charge on any atom is -0.379 e. The van der Waals surface area contributed by atoms with Crippen molar-refractivity contribution in [2.75, 3.05) is 57.1 Å². The van der Waals surface area contributed by atoms with Crippen LogP contribution < -0.4 is 16.0 Å². The lowest BCUT2D eigenvalue weighted by molar-refractivity contribution is -0.117. The van der Waals surface area contributed by atoms with E-state index < -0.39 is 5.82 Å². The van der Waals surface area contributed by atoms with Crippen LogP contribution >= 0.6 is 0 Å². The van der Waals surface area contributed by atoms with E-state index in [1.807, 2.05) is 0 Å². The van der Waals surface area contributed by atoms with Gasteiger partial charge in [-0.15, -0.1) is 0 Å². The zero-order valence-electron chi connectivity index (χ0n) is 14.4. The summed E-state index contributed by atoms with van der Waals surface area (Å²) in [4.78, 5) is 25.9. The van der Waals surface area contributed by atoms with E-state index in [0.29, 0.717) is 38.4 Å². The van der Waals surface area contributed by atoms with E-state index in [1.54, 1.807) is 7.05 Å². The number of hydrogen-bond acceptors (Lipinski definition) is 5. The fourth-order valence-electron chi connectivity index (χ4n) is 2.46. The molecule has 0 atom stereocenters. The van der Waals surface area contributed by atoms with Gasteiger partial charge in [-0.2, -0.15) is 0 Å². The van der Waals surface area contributed by atoms with Gasteiger partial charge in [0.25, 0.3) is 0 Å². The van der Waals surface area contributed by atoms with Crippen molar-refractivity contribution >= 4 is 23.2 Å². The summed E-state index contributed by atoms with van der Waals surface area (Å²) in [6.45, 7) is 4.11. The molecule has 8 heteroatoms. The van der Waals surface area contributed by atoms with Crippen molar-refractivity contribution < 1.29 is 18.7 Å². The summed E-state index contributed by atoms with van der Waals surface area (Å²) in [5.41, 5.74) is 0.518. The third-order valence-electron chi connectivity index (χ3n) is 3.89. The highest BCUT2D eigenvalue weighted by atomic mass is 19.1. The number of morpholine rings is 1. The maximum absolute atomic E-state index is 13.9. The number of nitrogens with one attached hydrogen (secondary N) is 3. The first-order valence-corrected chi connectivity index (χ1v) is 8.42. The highest BCUT2D eigenvalue weighted by Gasteiger charge is 2.13. The third-order valence-corrected chi connectivity index (χ3v) is 3.89. The molecule has 7 nitrogen and oxygen atoms in total. The van der Waals surface area contributed by atoms with E-state index >= 15 is 0 Å². The molecule has 1 saturated heterocycles. The number of carbonyl (C=O) groups excluding carboxylic acids is 2. The predicted octanol–water partition coefficient (Wildman–Crippen LogP) is 1.03. The quantitative estimate of drug-likeness (QED) is 0.651. The lowest BCUT2D eigenvalue weighted by atomic mass is 10.2. The lowest BCUT2D eigenvalue weighted by Gasteiger charge is -2.26. The monoisotopic (exact) mass is 352 g/mol. The first-order valence-electron chi connectivity index (χ1n) is 8.42. The Morgan fingerprint density at radius 2 is 1.88 bits per heavy atom. The van der Waals surface area contributed by atoms with Gasteiger partial charge < -0.3 is 20.7 Å². The van der Waals surface area contributed by atoms with Crippen LogP contribution in [0.4, 0.5) is 15.8 Å². The molecule has 2 rings (SSSR count). The normalized spacial score (nSPS) is 15.0. The number of carbonyl (C=O) groups is 2. The molecule has 1 aromatic rings. The van der Waals surface area contributed by atoms with Gasteiger partial charge in [0, 0.05) is 44.7 Å². The number of hydrogen-bond donors (Lipinski definition) is 3. The Kier molecular flexibility index (Phi) is 7.77. The number of rotatable bonds is 8. The summed E-state index contributed by atoms with van der Waals surface area (Å²) >= 11 is 0. The van der Waals surface area contributed by atoms with Crippen molar-refractivity contribution in [3.05, 3.63) is 24.0 Å². The summed E-state index contributed by atoms with van der Waals surface area (Å²) in [6, 6.07) is 4.13. The van der Waals surface area contributed by atoms with Crippen LogP contribution in [-0.4, -0.2) is 63.2 Å². The minimum atomic E-state index is -0.534. The van der Waals surface area contributed by atoms with Gasteiger partial charge in [-0.3, -0.25) is 14.5 Å². The Hall–Kier alpha value is -2.03. The molecule has 0 radical (unpaired) electrons. The van der Waals surface area contributed by atoms with Crippen LogP contribution in [0.1, 0.15) is 12.8 Å². The molecule has 1 heterocycles. The summed E-state index contributed by atoms with van der Waals surface area (Å²) < 4.78 is 19.2. The van der Waals surface area contributed by atoms with Crippen molar-refractivity contribution in [1.82, 2.24) is 10.2 Å². The molecule has 1 fully saturated rings. The standard InChI is InChI=1S/C17H25FN4O3/c1-19-6-4-16(23)20-13-2-3-14(18)15(12-13)21-17(24)5-7-22-8-10-25-11-9-22/h2-3,12,19H,4-11H2,1H3,(H,20,23)(H,21,24). The number of ether oxygens (including phenoxy) is 1. The van der Waals surface area contributed by atoms with Gasteiger partial charge in [-0.05, 0) is 25.2 Å². The van der Waals surface area contributed by atoms with Gasteiger partial charge in [0.05, 0.1) is 18.9 Å². The molecule has 3 N–H and O–H groups in total. The maximum Gasteiger partial charge on any atom is 0.225 e. The number of anilines is 2. The van der Waals surface area contributed by atoms with E-state index in [1.165, 1.54) is 18.2 Å². The van der Waals surface area contributed by atoms with Crippen molar-refractivity contribution in [3.8, 4) is 0 Å². The Labute approximate surface area is 146 Å². The molecule has 2 amide bonds. The molecule has 138 valence electrons. The topological polar surface area (TPSA) is 82.7 Å². The molecule has 0 bridgehead atoms. The van der Waals surface area contributed by atoms with E-state index in [4.69, 9.17) is 4.74 Å². The average molecular weight is 352 g/mol. The Balaban J connectivity index is 1.86. The fraction of sp³-hybridized carbons (Fsp3) is 0.529. The second-order valence-electron chi connectivity index (χ2n) is 5.85. The summed E-state index contributed by atoms with van der Waals surface area (Å²) in [7, 11) is 1.76. The molecule has 0 saturated carbocycles. The molecule has 0 aromatic heterocycles. The lowest BCUT2D eigenvalue weighted by Crippen LogP contribution is -2.38. The largest absolute Gasteiger partial charge is 0.379 e. The fourth-order valence-corrected chi connectivity index (χ4v) is 2.46. The van der Waals surface area contributed by atoms with Crippen LogP contribution in [0.3, 0.4) is 0 Å². The molecule has 1 aliphatic rings. The van der Waals surface area contributed by atoms with Gasteiger partial charge in [0.15, 0.2) is 0 Å². The summed E-state index contributed by atoms with van der Waals surface area (Å²) in [6.07, 6.45) is 0.591. The second-order valence-corrected chi connectivity index (χ2v) is 5.85. The van der Waals surface area contributed by atoms with E-state index in [0.717, 1.165) is 13.1 Å². The summed E-state index contributed by atoms with van der Waals surface area (Å²) in [5, 5.41) is 8.14. The molecular weight excluding hydrogens is 327 g/mol. The predicted molar refractivity (Wildman–Crippen MR) is 94.1 cm³/mol. The van der Waals surface area contributed by atoms with Gasteiger partial charge in [0.2, 0.25) is 11.8 Å². The number of benzene rings is 1. The molecule has 0 spiro atoms. The molecule has 1 aromatic carbocycles. The van der Waals surface area contributed by atoms with Gasteiger partial charge >= 0.3 is 0 Å². The van der Waals surface area contributed by atoms with E-state index in [9.17, 15) is 14.0 Å². The van der Waals surface area contributed by atoms with Gasteiger partial charge in [0.1, 0.15) is 5.82 Å². The van der Waals surface area contributed by atoms with Gasteiger partial charge in [-0.25, -0.2) is 4.39 Å². The van der Waals surface area contributed by atoms with Crippen molar-refractivity contribution in [3.63, 3.8) is 0 Å². The van der Waals surface area contributed by atoms with Crippen molar-refractivity contribution in [2.24, 2.45) is 0 Å². The van der Waals surface area contributed by atoms with Gasteiger partial charge in [-0.1, -0.05) is 0 Å². The molecular formula is C17H25FN4O3. The van der Waals surface area contributed by atoms with Crippen LogP contribution in [-0.2, 0) is 14.3 Å². The first kappa shape index (κ1) is 19.3. The van der Waals surface area contributed by atoms with E-state index in [-0.39, 0.29) is 23.9 Å². The first-order chi connectivity index (χ1) is 12.1. The zero-order valence-corrected chi connectivity index (χ0v) is 14.4. The zero-order chi connectivity index (χ0) is 18.1. The van der Waals surface area contributed by atoms with Crippen molar-refractivity contribution in [1.29, 1.82) is 0 Å². The van der Waals surface area contributed by atoms with Crippen LogP contribution in [0, 0.1) is 5.82 Å². The average Bonchev–Trinajstić information content (AvgIpc) is 2.62. The van der Waals surface area contributed by atoms with Crippen LogP contribution in [0.2, 0.25) is 0 Å². The minimum absolute atomic E-state index is 0.0680. The van der Waals surface area contributed by atoms with Crippen LogP contribution in [0.25, 0.3) is 0 Å². The smallest absolute Gasteiger partial charge is 0.225 e. The van der Waals surface area contributed by atoms with E-state index in [2.05, 4.69) is 20.9 Å². The molecule has 0 unspecified atom stereocenters. The second kappa shape index (κ2) is 10.1. The molecule has 0 aliphatic carbocycles. The molecule has 1 aliphatic heterocycles. The third kappa shape index (κ3) is 6.77. The Morgan fingerprint density at radius 1 is 1.16 bits per heavy atom. The van der Waals surface area contributed by atoms with Crippen molar-refractivity contribution in [2.45, 2.75) is 12.8 Å². The number of amides is 2. The Bertz CT molecular complexity index is 591. The van der Waals surface area contributed by atoms with Crippen LogP contribution in [0.5, 0.6) is 0 Å². The highest BCUT2D eigenvalue weighted by molar-refractivity contribution is 5.94. The number of nitrogens with zero attached hydrogens (tertiary/aromatic N) is 1. The SMILES string of the molecule is CNCCC(=O)Nc1ccc(F)c(NC(=O)CCN2CCOCC2)c1. The maximum atomic E-state index is 13.9.